The third kappa shape index (κ3) is 4.84. The van der Waals surface area contributed by atoms with Gasteiger partial charge in [0.2, 0.25) is 5.91 Å². The van der Waals surface area contributed by atoms with Gasteiger partial charge in [0.25, 0.3) is 0 Å². The highest BCUT2D eigenvalue weighted by Crippen LogP contribution is 2.09. The van der Waals surface area contributed by atoms with Gasteiger partial charge in [0.1, 0.15) is 0 Å². The summed E-state index contributed by atoms with van der Waals surface area (Å²) in [5.41, 5.74) is 1.15. The Morgan fingerprint density at radius 1 is 1.44 bits per heavy atom. The number of hydrogen-bond acceptors (Lipinski definition) is 3. The zero-order chi connectivity index (χ0) is 13.4. The number of aromatic nitrogens is 1. The van der Waals surface area contributed by atoms with E-state index in [-0.39, 0.29) is 11.8 Å². The fourth-order valence-electron chi connectivity index (χ4n) is 1.86. The van der Waals surface area contributed by atoms with Crippen molar-refractivity contribution in [3.05, 3.63) is 30.1 Å². The molecule has 18 heavy (non-hydrogen) atoms. The monoisotopic (exact) mass is 249 g/mol. The van der Waals surface area contributed by atoms with Crippen LogP contribution >= 0.6 is 0 Å². The van der Waals surface area contributed by atoms with Crippen molar-refractivity contribution in [1.29, 1.82) is 0 Å². The van der Waals surface area contributed by atoms with Gasteiger partial charge in [-0.15, -0.1) is 0 Å². The third-order valence-corrected chi connectivity index (χ3v) is 3.00. The number of pyridine rings is 1. The fraction of sp³-hybridized carbons (Fsp3) is 0.571. The molecule has 1 atom stereocenters. The number of nitrogens with zero attached hydrogens (tertiary/aromatic N) is 1. The van der Waals surface area contributed by atoms with Crippen LogP contribution in [-0.4, -0.2) is 31.0 Å². The number of rotatable bonds is 7. The van der Waals surface area contributed by atoms with Crippen LogP contribution in [0.25, 0.3) is 0 Å². The minimum absolute atomic E-state index is 0.0314. The average Bonchev–Trinajstić information content (AvgIpc) is 2.36. The molecule has 1 heterocycles. The van der Waals surface area contributed by atoms with Crippen molar-refractivity contribution in [1.82, 2.24) is 15.6 Å². The Morgan fingerprint density at radius 3 is 2.78 bits per heavy atom. The Labute approximate surface area is 109 Å². The van der Waals surface area contributed by atoms with E-state index in [1.54, 1.807) is 6.20 Å². The van der Waals surface area contributed by atoms with Crippen LogP contribution in [0, 0.1) is 11.8 Å². The second kappa shape index (κ2) is 7.82. The highest BCUT2D eigenvalue weighted by Gasteiger charge is 2.20. The van der Waals surface area contributed by atoms with E-state index in [1.807, 2.05) is 25.4 Å². The highest BCUT2D eigenvalue weighted by atomic mass is 16.1. The minimum Gasteiger partial charge on any atom is -0.355 e. The van der Waals surface area contributed by atoms with Gasteiger partial charge >= 0.3 is 0 Å². The molecule has 0 aliphatic rings. The zero-order valence-corrected chi connectivity index (χ0v) is 11.4. The van der Waals surface area contributed by atoms with E-state index in [2.05, 4.69) is 29.5 Å². The van der Waals surface area contributed by atoms with Crippen molar-refractivity contribution >= 4 is 5.91 Å². The first kappa shape index (κ1) is 14.6. The Kier molecular flexibility index (Phi) is 6.36. The van der Waals surface area contributed by atoms with E-state index in [1.165, 1.54) is 0 Å². The fourth-order valence-corrected chi connectivity index (χ4v) is 1.86. The molecule has 100 valence electrons. The average molecular weight is 249 g/mol. The molecule has 0 spiro atoms. The summed E-state index contributed by atoms with van der Waals surface area (Å²) in [5, 5.41) is 6.06. The molecule has 4 nitrogen and oxygen atoms in total. The molecule has 1 aromatic rings. The predicted molar refractivity (Wildman–Crippen MR) is 73.2 cm³/mol. The lowest BCUT2D eigenvalue weighted by Crippen LogP contribution is -2.39. The molecule has 0 bridgehead atoms. The lowest BCUT2D eigenvalue weighted by Gasteiger charge is -2.19. The Hall–Kier alpha value is -1.42. The topological polar surface area (TPSA) is 54.0 Å². The van der Waals surface area contributed by atoms with Crippen molar-refractivity contribution < 1.29 is 4.79 Å². The van der Waals surface area contributed by atoms with Gasteiger partial charge in [-0.1, -0.05) is 19.9 Å². The van der Waals surface area contributed by atoms with Gasteiger partial charge < -0.3 is 10.6 Å². The smallest absolute Gasteiger partial charge is 0.224 e. The van der Waals surface area contributed by atoms with Crippen LogP contribution < -0.4 is 10.6 Å². The molecule has 0 aromatic carbocycles. The van der Waals surface area contributed by atoms with Gasteiger partial charge in [0, 0.05) is 25.5 Å². The van der Waals surface area contributed by atoms with E-state index < -0.39 is 0 Å². The summed E-state index contributed by atoms with van der Waals surface area (Å²) in [6.45, 7) is 5.53. The Balaban J connectivity index is 2.36. The molecule has 1 unspecified atom stereocenters. The Morgan fingerprint density at radius 2 is 2.22 bits per heavy atom. The number of hydrogen-bond donors (Lipinski definition) is 2. The number of carbonyl (C=O) groups excluding carboxylic acids is 1. The molecule has 1 aromatic heterocycles. The van der Waals surface area contributed by atoms with Crippen LogP contribution in [0.15, 0.2) is 24.5 Å². The second-order valence-electron chi connectivity index (χ2n) is 4.81. The quantitative estimate of drug-likeness (QED) is 0.764. The number of carbonyl (C=O) groups is 1. The summed E-state index contributed by atoms with van der Waals surface area (Å²) in [6.07, 6.45) is 4.41. The van der Waals surface area contributed by atoms with Crippen LogP contribution in [0.5, 0.6) is 0 Å². The molecule has 2 N–H and O–H groups in total. The highest BCUT2D eigenvalue weighted by molar-refractivity contribution is 5.79. The first-order valence-corrected chi connectivity index (χ1v) is 6.46. The number of nitrogens with one attached hydrogen (secondary N) is 2. The molecule has 0 saturated heterocycles. The largest absolute Gasteiger partial charge is 0.355 e. The van der Waals surface area contributed by atoms with Gasteiger partial charge in [0.05, 0.1) is 5.92 Å². The maximum atomic E-state index is 12.0. The van der Waals surface area contributed by atoms with E-state index in [4.69, 9.17) is 0 Å². The molecule has 0 saturated carbocycles. The number of amides is 1. The molecule has 0 aliphatic heterocycles. The van der Waals surface area contributed by atoms with Crippen molar-refractivity contribution in [2.45, 2.75) is 20.3 Å². The maximum Gasteiger partial charge on any atom is 0.224 e. The van der Waals surface area contributed by atoms with Gasteiger partial charge in [-0.25, -0.2) is 0 Å². The predicted octanol–water partition coefficient (Wildman–Crippen LogP) is 1.23. The van der Waals surface area contributed by atoms with Gasteiger partial charge in [-0.05, 0) is 31.0 Å². The van der Waals surface area contributed by atoms with Crippen molar-refractivity contribution in [3.63, 3.8) is 0 Å². The molecular formula is C14H23N3O. The standard InChI is InChI=1S/C14H23N3O/c1-11(2)13(10-15-3)14(18)17-8-6-12-5-4-7-16-9-12/h4-5,7,9,11,13,15H,6,8,10H2,1-3H3,(H,17,18). The molecule has 0 aliphatic carbocycles. The summed E-state index contributed by atoms with van der Waals surface area (Å²) in [7, 11) is 1.87. The first-order chi connectivity index (χ1) is 8.65. The van der Waals surface area contributed by atoms with E-state index in [0.29, 0.717) is 12.5 Å². The SMILES string of the molecule is CNCC(C(=O)NCCc1cccnc1)C(C)C. The molecule has 0 radical (unpaired) electrons. The first-order valence-electron chi connectivity index (χ1n) is 6.46. The molecule has 1 rings (SSSR count). The molecule has 0 fully saturated rings. The van der Waals surface area contributed by atoms with Gasteiger partial charge in [0.15, 0.2) is 0 Å². The van der Waals surface area contributed by atoms with Crippen molar-refractivity contribution in [3.8, 4) is 0 Å². The van der Waals surface area contributed by atoms with E-state index >= 15 is 0 Å². The van der Waals surface area contributed by atoms with Gasteiger partial charge in [-0.3, -0.25) is 9.78 Å². The van der Waals surface area contributed by atoms with Crippen molar-refractivity contribution in [2.75, 3.05) is 20.1 Å². The van der Waals surface area contributed by atoms with Crippen LogP contribution in [-0.2, 0) is 11.2 Å². The lowest BCUT2D eigenvalue weighted by molar-refractivity contribution is -0.126. The molecular weight excluding hydrogens is 226 g/mol. The maximum absolute atomic E-state index is 12.0. The van der Waals surface area contributed by atoms with Gasteiger partial charge in [-0.2, -0.15) is 0 Å². The summed E-state index contributed by atoms with van der Waals surface area (Å²) >= 11 is 0. The van der Waals surface area contributed by atoms with Crippen LogP contribution in [0.3, 0.4) is 0 Å². The van der Waals surface area contributed by atoms with Crippen LogP contribution in [0.2, 0.25) is 0 Å². The minimum atomic E-state index is 0.0314. The van der Waals surface area contributed by atoms with E-state index in [0.717, 1.165) is 18.5 Å². The summed E-state index contributed by atoms with van der Waals surface area (Å²) in [4.78, 5) is 16.1. The third-order valence-electron chi connectivity index (χ3n) is 3.00. The summed E-state index contributed by atoms with van der Waals surface area (Å²) < 4.78 is 0. The van der Waals surface area contributed by atoms with E-state index in [9.17, 15) is 4.79 Å². The lowest BCUT2D eigenvalue weighted by atomic mass is 9.95. The summed E-state index contributed by atoms with van der Waals surface area (Å²) in [5.74, 6) is 0.503. The van der Waals surface area contributed by atoms with Crippen molar-refractivity contribution in [2.24, 2.45) is 11.8 Å². The molecule has 4 heteroatoms. The second-order valence-corrected chi connectivity index (χ2v) is 4.81. The zero-order valence-electron chi connectivity index (χ0n) is 11.4. The van der Waals surface area contributed by atoms with Crippen LogP contribution in [0.1, 0.15) is 19.4 Å². The normalized spacial score (nSPS) is 12.4. The Bertz CT molecular complexity index is 351. The summed E-state index contributed by atoms with van der Waals surface area (Å²) in [6, 6.07) is 3.93. The van der Waals surface area contributed by atoms with Crippen LogP contribution in [0.4, 0.5) is 0 Å². The molecule has 1 amide bonds.